The van der Waals surface area contributed by atoms with Crippen molar-refractivity contribution in [2.24, 2.45) is 0 Å². The lowest BCUT2D eigenvalue weighted by molar-refractivity contribution is 0.0930. The van der Waals surface area contributed by atoms with Gasteiger partial charge in [-0.25, -0.2) is 0 Å². The molecule has 0 saturated heterocycles. The molecule has 0 aliphatic rings. The van der Waals surface area contributed by atoms with Crippen LogP contribution in [0.15, 0.2) is 47.1 Å². The molecule has 1 aromatic heterocycles. The molecule has 1 amide bonds. The minimum atomic E-state index is -0.0984. The van der Waals surface area contributed by atoms with Gasteiger partial charge in [0.1, 0.15) is 5.69 Å². The lowest BCUT2D eigenvalue weighted by Gasteiger charge is -2.05. The monoisotopic (exact) mass is 336 g/mol. The molecule has 0 bridgehead atoms. The molecule has 1 aromatic carbocycles. The molecule has 5 heteroatoms. The first-order valence-corrected chi connectivity index (χ1v) is 7.29. The molecule has 2 aromatic rings. The summed E-state index contributed by atoms with van der Waals surface area (Å²) in [5.41, 5.74) is 1.72. The van der Waals surface area contributed by atoms with E-state index in [1.807, 2.05) is 30.3 Å². The number of ether oxygens (including phenoxy) is 1. The zero-order chi connectivity index (χ0) is 14.2. The van der Waals surface area contributed by atoms with Gasteiger partial charge in [0.25, 0.3) is 5.91 Å². The van der Waals surface area contributed by atoms with E-state index in [9.17, 15) is 4.79 Å². The van der Waals surface area contributed by atoms with E-state index in [-0.39, 0.29) is 5.91 Å². The zero-order valence-electron chi connectivity index (χ0n) is 11.1. The van der Waals surface area contributed by atoms with Crippen LogP contribution in [0.1, 0.15) is 22.5 Å². The molecular formula is C15H17BrN2O2. The highest BCUT2D eigenvalue weighted by atomic mass is 79.9. The number of aromatic amines is 1. The van der Waals surface area contributed by atoms with E-state index >= 15 is 0 Å². The molecule has 2 rings (SSSR count). The highest BCUT2D eigenvalue weighted by Crippen LogP contribution is 2.10. The summed E-state index contributed by atoms with van der Waals surface area (Å²) in [4.78, 5) is 14.6. The first-order valence-electron chi connectivity index (χ1n) is 6.49. The normalized spacial score (nSPS) is 10.4. The van der Waals surface area contributed by atoms with Gasteiger partial charge in [0.15, 0.2) is 0 Å². The summed E-state index contributed by atoms with van der Waals surface area (Å²) in [6.07, 6.45) is 2.53. The van der Waals surface area contributed by atoms with Gasteiger partial charge in [-0.3, -0.25) is 4.79 Å². The summed E-state index contributed by atoms with van der Waals surface area (Å²) >= 11 is 3.29. The molecule has 0 fully saturated rings. The largest absolute Gasteiger partial charge is 0.377 e. The number of rotatable bonds is 7. The van der Waals surface area contributed by atoms with Crippen LogP contribution in [-0.2, 0) is 11.3 Å². The van der Waals surface area contributed by atoms with Gasteiger partial charge >= 0.3 is 0 Å². The van der Waals surface area contributed by atoms with Crippen LogP contribution in [0.5, 0.6) is 0 Å². The highest BCUT2D eigenvalue weighted by Gasteiger charge is 2.06. The van der Waals surface area contributed by atoms with Gasteiger partial charge < -0.3 is 15.0 Å². The van der Waals surface area contributed by atoms with Crippen LogP contribution >= 0.6 is 15.9 Å². The second kappa shape index (κ2) is 7.87. The number of carbonyl (C=O) groups is 1. The molecular weight excluding hydrogens is 320 g/mol. The summed E-state index contributed by atoms with van der Waals surface area (Å²) in [6.45, 7) is 1.84. The molecule has 1 heterocycles. The summed E-state index contributed by atoms with van der Waals surface area (Å²) in [5, 5.41) is 2.84. The minimum absolute atomic E-state index is 0.0984. The van der Waals surface area contributed by atoms with Crippen molar-refractivity contribution in [2.75, 3.05) is 13.2 Å². The topological polar surface area (TPSA) is 54.1 Å². The Bertz CT molecular complexity index is 540. The molecule has 0 radical (unpaired) electrons. The summed E-state index contributed by atoms with van der Waals surface area (Å²) < 4.78 is 6.41. The van der Waals surface area contributed by atoms with Gasteiger partial charge in [-0.1, -0.05) is 30.3 Å². The lowest BCUT2D eigenvalue weighted by Crippen LogP contribution is -2.25. The number of aromatic nitrogens is 1. The van der Waals surface area contributed by atoms with Crippen LogP contribution < -0.4 is 5.32 Å². The Kier molecular flexibility index (Phi) is 5.83. The van der Waals surface area contributed by atoms with Gasteiger partial charge in [-0.05, 0) is 34.0 Å². The van der Waals surface area contributed by atoms with Crippen molar-refractivity contribution < 1.29 is 9.53 Å². The van der Waals surface area contributed by atoms with E-state index < -0.39 is 0 Å². The van der Waals surface area contributed by atoms with E-state index in [2.05, 4.69) is 26.2 Å². The fourth-order valence-electron chi connectivity index (χ4n) is 1.73. The molecule has 0 aliphatic heterocycles. The number of halogens is 1. The third kappa shape index (κ3) is 4.83. The second-order valence-electron chi connectivity index (χ2n) is 4.38. The fourth-order valence-corrected chi connectivity index (χ4v) is 2.08. The molecule has 0 spiro atoms. The predicted octanol–water partition coefficient (Wildman–Crippen LogP) is 3.11. The van der Waals surface area contributed by atoms with E-state index in [0.29, 0.717) is 25.5 Å². The van der Waals surface area contributed by atoms with Crippen molar-refractivity contribution in [3.8, 4) is 0 Å². The van der Waals surface area contributed by atoms with Crippen LogP contribution in [0, 0.1) is 0 Å². The Morgan fingerprint density at radius 1 is 1.30 bits per heavy atom. The van der Waals surface area contributed by atoms with Crippen molar-refractivity contribution in [3.63, 3.8) is 0 Å². The van der Waals surface area contributed by atoms with Crippen molar-refractivity contribution in [1.82, 2.24) is 10.3 Å². The van der Waals surface area contributed by atoms with Crippen LogP contribution in [0.25, 0.3) is 0 Å². The molecule has 0 unspecified atom stereocenters. The van der Waals surface area contributed by atoms with Gasteiger partial charge in [0.2, 0.25) is 0 Å². The molecule has 0 aliphatic carbocycles. The average molecular weight is 337 g/mol. The number of nitrogens with one attached hydrogen (secondary N) is 2. The first-order chi connectivity index (χ1) is 9.75. The fraction of sp³-hybridized carbons (Fsp3) is 0.267. The SMILES string of the molecule is O=C(NCCCOCc1ccccc1)c1cc(Br)c[nH]1. The Hall–Kier alpha value is -1.59. The molecule has 0 atom stereocenters. The predicted molar refractivity (Wildman–Crippen MR) is 81.5 cm³/mol. The number of carbonyl (C=O) groups excluding carboxylic acids is 1. The van der Waals surface area contributed by atoms with Gasteiger partial charge in [0.05, 0.1) is 6.61 Å². The molecule has 0 saturated carbocycles. The number of hydrogen-bond donors (Lipinski definition) is 2. The smallest absolute Gasteiger partial charge is 0.267 e. The number of benzene rings is 1. The maximum Gasteiger partial charge on any atom is 0.267 e. The van der Waals surface area contributed by atoms with Crippen LogP contribution in [-0.4, -0.2) is 24.0 Å². The Morgan fingerprint density at radius 3 is 2.80 bits per heavy atom. The first kappa shape index (κ1) is 14.8. The van der Waals surface area contributed by atoms with Gasteiger partial charge in [0, 0.05) is 23.8 Å². The van der Waals surface area contributed by atoms with Gasteiger partial charge in [-0.2, -0.15) is 0 Å². The average Bonchev–Trinajstić information content (AvgIpc) is 2.90. The van der Waals surface area contributed by atoms with E-state index in [1.54, 1.807) is 12.3 Å². The maximum absolute atomic E-state index is 11.7. The Balaban J connectivity index is 1.57. The molecule has 2 N–H and O–H groups in total. The Morgan fingerprint density at radius 2 is 2.10 bits per heavy atom. The third-order valence-corrected chi connectivity index (χ3v) is 3.21. The van der Waals surface area contributed by atoms with Crippen molar-refractivity contribution in [2.45, 2.75) is 13.0 Å². The molecule has 106 valence electrons. The second-order valence-corrected chi connectivity index (χ2v) is 5.29. The van der Waals surface area contributed by atoms with Crippen molar-refractivity contribution >= 4 is 21.8 Å². The Labute approximate surface area is 126 Å². The van der Waals surface area contributed by atoms with Crippen LogP contribution in [0.3, 0.4) is 0 Å². The standard InChI is InChI=1S/C15H17BrN2O2/c16-13-9-14(18-10-13)15(19)17-7-4-8-20-11-12-5-2-1-3-6-12/h1-3,5-6,9-10,18H,4,7-8,11H2,(H,17,19). The highest BCUT2D eigenvalue weighted by molar-refractivity contribution is 9.10. The number of hydrogen-bond acceptors (Lipinski definition) is 2. The lowest BCUT2D eigenvalue weighted by atomic mass is 10.2. The summed E-state index contributed by atoms with van der Waals surface area (Å²) in [5.74, 6) is -0.0984. The van der Waals surface area contributed by atoms with Crippen LogP contribution in [0.4, 0.5) is 0 Å². The van der Waals surface area contributed by atoms with Crippen molar-refractivity contribution in [3.05, 3.63) is 58.3 Å². The number of amides is 1. The summed E-state index contributed by atoms with van der Waals surface area (Å²) in [6, 6.07) is 11.8. The van der Waals surface area contributed by atoms with Crippen molar-refractivity contribution in [1.29, 1.82) is 0 Å². The molecule has 20 heavy (non-hydrogen) atoms. The minimum Gasteiger partial charge on any atom is -0.377 e. The zero-order valence-corrected chi connectivity index (χ0v) is 12.7. The van der Waals surface area contributed by atoms with E-state index in [0.717, 1.165) is 16.5 Å². The maximum atomic E-state index is 11.7. The quantitative estimate of drug-likeness (QED) is 0.763. The van der Waals surface area contributed by atoms with Crippen LogP contribution in [0.2, 0.25) is 0 Å². The number of H-pyrrole nitrogens is 1. The summed E-state index contributed by atoms with van der Waals surface area (Å²) in [7, 11) is 0. The molecule has 4 nitrogen and oxygen atoms in total. The van der Waals surface area contributed by atoms with E-state index in [1.165, 1.54) is 0 Å². The van der Waals surface area contributed by atoms with E-state index in [4.69, 9.17) is 4.74 Å². The third-order valence-electron chi connectivity index (χ3n) is 2.75. The van der Waals surface area contributed by atoms with Gasteiger partial charge in [-0.15, -0.1) is 0 Å².